The summed E-state index contributed by atoms with van der Waals surface area (Å²) in [7, 11) is 0. The molecule has 0 aliphatic carbocycles. The first kappa shape index (κ1) is 12.0. The zero-order valence-electron chi connectivity index (χ0n) is 9.13. The number of aliphatic hydroxyl groups excluding tert-OH is 1. The van der Waals surface area contributed by atoms with Crippen LogP contribution in [0.1, 0.15) is 39.0 Å². The number of aliphatic hydroxyl groups is 1. The third kappa shape index (κ3) is 4.40. The van der Waals surface area contributed by atoms with E-state index in [1.165, 1.54) is 12.8 Å². The fraction of sp³-hybridized carbons (Fsp3) is 1.00. The Balaban J connectivity index is 1.80. The van der Waals surface area contributed by atoms with Crippen LogP contribution in [0.2, 0.25) is 0 Å². The monoisotopic (exact) mass is 202 g/mol. The normalized spacial score (nSPS) is 19.3. The summed E-state index contributed by atoms with van der Waals surface area (Å²) >= 11 is 0. The Morgan fingerprint density at radius 3 is 2.36 bits per heavy atom. The zero-order chi connectivity index (χ0) is 10.3. The van der Waals surface area contributed by atoms with Gasteiger partial charge >= 0.3 is 0 Å². The molecule has 0 radical (unpaired) electrons. The summed E-state index contributed by atoms with van der Waals surface area (Å²) < 4.78 is 10.8. The Morgan fingerprint density at radius 1 is 1.14 bits per heavy atom. The van der Waals surface area contributed by atoms with Gasteiger partial charge in [0.25, 0.3) is 0 Å². The van der Waals surface area contributed by atoms with Gasteiger partial charge in [0.15, 0.2) is 0 Å². The molecule has 1 rings (SSSR count). The first-order valence-corrected chi connectivity index (χ1v) is 5.59. The third-order valence-electron chi connectivity index (χ3n) is 2.57. The standard InChI is InChI=1S/C11H22O3/c1-11(9-13-10-11)14-8-6-4-2-3-5-7-12/h12H,2-10H2,1H3. The van der Waals surface area contributed by atoms with Crippen molar-refractivity contribution in [2.45, 2.75) is 44.6 Å². The van der Waals surface area contributed by atoms with Crippen LogP contribution in [0.3, 0.4) is 0 Å². The molecule has 1 aliphatic heterocycles. The Hall–Kier alpha value is -0.120. The smallest absolute Gasteiger partial charge is 0.112 e. The van der Waals surface area contributed by atoms with Crippen LogP contribution < -0.4 is 0 Å². The highest BCUT2D eigenvalue weighted by Gasteiger charge is 2.33. The molecule has 1 saturated heterocycles. The molecule has 0 amide bonds. The summed E-state index contributed by atoms with van der Waals surface area (Å²) in [6.45, 7) is 4.77. The Labute approximate surface area is 86.4 Å². The lowest BCUT2D eigenvalue weighted by molar-refractivity contribution is -0.199. The van der Waals surface area contributed by atoms with Crippen molar-refractivity contribution in [3.63, 3.8) is 0 Å². The lowest BCUT2D eigenvalue weighted by Gasteiger charge is -2.37. The predicted octanol–water partition coefficient (Wildman–Crippen LogP) is 1.73. The van der Waals surface area contributed by atoms with Crippen LogP contribution in [0, 0.1) is 0 Å². The van der Waals surface area contributed by atoms with Crippen LogP contribution in [0.5, 0.6) is 0 Å². The van der Waals surface area contributed by atoms with Crippen LogP contribution in [0.25, 0.3) is 0 Å². The number of ether oxygens (including phenoxy) is 2. The predicted molar refractivity (Wildman–Crippen MR) is 55.3 cm³/mol. The molecule has 84 valence electrons. The van der Waals surface area contributed by atoms with E-state index in [9.17, 15) is 0 Å². The van der Waals surface area contributed by atoms with Gasteiger partial charge in [-0.25, -0.2) is 0 Å². The first-order valence-electron chi connectivity index (χ1n) is 5.59. The molecule has 1 N–H and O–H groups in total. The zero-order valence-corrected chi connectivity index (χ0v) is 9.13. The number of rotatable bonds is 8. The second kappa shape index (κ2) is 6.38. The van der Waals surface area contributed by atoms with Crippen LogP contribution in [0.4, 0.5) is 0 Å². The van der Waals surface area contributed by atoms with Crippen molar-refractivity contribution >= 4 is 0 Å². The summed E-state index contributed by atoms with van der Waals surface area (Å²) in [6.07, 6.45) is 5.61. The van der Waals surface area contributed by atoms with Gasteiger partial charge in [-0.05, 0) is 19.8 Å². The van der Waals surface area contributed by atoms with E-state index in [4.69, 9.17) is 14.6 Å². The highest BCUT2D eigenvalue weighted by atomic mass is 16.6. The van der Waals surface area contributed by atoms with Gasteiger partial charge in [-0.1, -0.05) is 19.3 Å². The minimum absolute atomic E-state index is 0.00506. The van der Waals surface area contributed by atoms with Crippen molar-refractivity contribution in [2.75, 3.05) is 26.4 Å². The van der Waals surface area contributed by atoms with Gasteiger partial charge in [0.05, 0.1) is 13.2 Å². The van der Waals surface area contributed by atoms with Crippen molar-refractivity contribution in [2.24, 2.45) is 0 Å². The molecule has 0 unspecified atom stereocenters. The number of hydrogen-bond donors (Lipinski definition) is 1. The van der Waals surface area contributed by atoms with Crippen molar-refractivity contribution in [1.29, 1.82) is 0 Å². The summed E-state index contributed by atoms with van der Waals surface area (Å²) in [6, 6.07) is 0. The SMILES string of the molecule is CC1(OCCCCCCCO)COC1. The summed E-state index contributed by atoms with van der Waals surface area (Å²) in [5, 5.41) is 8.58. The molecule has 0 bridgehead atoms. The van der Waals surface area contributed by atoms with Crippen LogP contribution >= 0.6 is 0 Å². The van der Waals surface area contributed by atoms with Gasteiger partial charge in [0, 0.05) is 13.2 Å². The Bertz CT molecular complexity index is 143. The molecular formula is C11H22O3. The molecule has 1 aliphatic rings. The lowest BCUT2D eigenvalue weighted by atomic mass is 10.1. The second-order valence-corrected chi connectivity index (χ2v) is 4.28. The number of hydrogen-bond acceptors (Lipinski definition) is 3. The molecule has 3 nitrogen and oxygen atoms in total. The van der Waals surface area contributed by atoms with Crippen LogP contribution in [-0.2, 0) is 9.47 Å². The fourth-order valence-electron chi connectivity index (χ4n) is 1.54. The van der Waals surface area contributed by atoms with E-state index in [1.807, 2.05) is 0 Å². The average Bonchev–Trinajstić information content (AvgIpc) is 2.14. The molecular weight excluding hydrogens is 180 g/mol. The average molecular weight is 202 g/mol. The van der Waals surface area contributed by atoms with E-state index < -0.39 is 0 Å². The van der Waals surface area contributed by atoms with Crippen molar-refractivity contribution in [3.05, 3.63) is 0 Å². The fourth-order valence-corrected chi connectivity index (χ4v) is 1.54. The van der Waals surface area contributed by atoms with E-state index in [-0.39, 0.29) is 5.60 Å². The largest absolute Gasteiger partial charge is 0.396 e. The van der Waals surface area contributed by atoms with Crippen LogP contribution in [0.15, 0.2) is 0 Å². The molecule has 0 saturated carbocycles. The van der Waals surface area contributed by atoms with Crippen LogP contribution in [-0.4, -0.2) is 37.1 Å². The maximum atomic E-state index is 8.58. The topological polar surface area (TPSA) is 38.7 Å². The van der Waals surface area contributed by atoms with E-state index >= 15 is 0 Å². The van der Waals surface area contributed by atoms with E-state index in [1.54, 1.807) is 0 Å². The molecule has 0 aromatic carbocycles. The van der Waals surface area contributed by atoms with Crippen molar-refractivity contribution in [3.8, 4) is 0 Å². The minimum atomic E-state index is 0.00506. The lowest BCUT2D eigenvalue weighted by Crippen LogP contribution is -2.49. The first-order chi connectivity index (χ1) is 6.77. The summed E-state index contributed by atoms with van der Waals surface area (Å²) in [4.78, 5) is 0. The third-order valence-corrected chi connectivity index (χ3v) is 2.57. The maximum Gasteiger partial charge on any atom is 0.112 e. The van der Waals surface area contributed by atoms with Gasteiger partial charge in [-0.3, -0.25) is 0 Å². The molecule has 0 spiro atoms. The molecule has 14 heavy (non-hydrogen) atoms. The second-order valence-electron chi connectivity index (χ2n) is 4.28. The highest BCUT2D eigenvalue weighted by Crippen LogP contribution is 2.21. The van der Waals surface area contributed by atoms with Crippen molar-refractivity contribution < 1.29 is 14.6 Å². The number of unbranched alkanes of at least 4 members (excludes halogenated alkanes) is 4. The molecule has 1 heterocycles. The van der Waals surface area contributed by atoms with Gasteiger partial charge < -0.3 is 14.6 Å². The van der Waals surface area contributed by atoms with E-state index in [2.05, 4.69) is 6.92 Å². The van der Waals surface area contributed by atoms with Gasteiger partial charge in [-0.2, -0.15) is 0 Å². The molecule has 0 aromatic heterocycles. The Morgan fingerprint density at radius 2 is 1.79 bits per heavy atom. The quantitative estimate of drug-likeness (QED) is 0.609. The van der Waals surface area contributed by atoms with E-state index in [0.717, 1.165) is 39.1 Å². The summed E-state index contributed by atoms with van der Waals surface area (Å²) in [5.41, 5.74) is 0.00506. The Kier molecular flexibility index (Phi) is 5.45. The highest BCUT2D eigenvalue weighted by molar-refractivity contribution is 4.81. The van der Waals surface area contributed by atoms with E-state index in [0.29, 0.717) is 6.61 Å². The van der Waals surface area contributed by atoms with Gasteiger partial charge in [-0.15, -0.1) is 0 Å². The maximum absolute atomic E-state index is 8.58. The van der Waals surface area contributed by atoms with Gasteiger partial charge in [0.2, 0.25) is 0 Å². The summed E-state index contributed by atoms with van der Waals surface area (Å²) in [5.74, 6) is 0. The van der Waals surface area contributed by atoms with Gasteiger partial charge in [0.1, 0.15) is 5.60 Å². The minimum Gasteiger partial charge on any atom is -0.396 e. The molecule has 3 heteroatoms. The van der Waals surface area contributed by atoms with Crippen molar-refractivity contribution in [1.82, 2.24) is 0 Å². The molecule has 0 aromatic rings. The molecule has 1 fully saturated rings. The molecule has 0 atom stereocenters.